The minimum Gasteiger partial charge on any atom is -0.350 e. The highest BCUT2D eigenvalue weighted by Gasteiger charge is 2.23. The molecule has 1 unspecified atom stereocenters. The molecule has 0 bridgehead atoms. The molecule has 1 amide bonds. The third-order valence-electron chi connectivity index (χ3n) is 2.38. The lowest BCUT2D eigenvalue weighted by molar-refractivity contribution is -0.123. The topological polar surface area (TPSA) is 58.1 Å². The van der Waals surface area contributed by atoms with Gasteiger partial charge in [-0.1, -0.05) is 0 Å². The number of nitrogens with one attached hydrogen (secondary N) is 1. The van der Waals surface area contributed by atoms with Crippen molar-refractivity contribution >= 4 is 27.8 Å². The monoisotopic (exact) mass is 314 g/mol. The number of carbonyl (C=O) groups is 1. The lowest BCUT2D eigenvalue weighted by Crippen LogP contribution is -2.50. The average Bonchev–Trinajstić information content (AvgIpc) is 2.26. The highest BCUT2D eigenvalue weighted by atomic mass is 79.9. The predicted molar refractivity (Wildman–Crippen MR) is 75.5 cm³/mol. The van der Waals surface area contributed by atoms with E-state index in [0.29, 0.717) is 5.95 Å². The molecule has 100 valence electrons. The van der Waals surface area contributed by atoms with Gasteiger partial charge in [0.25, 0.3) is 0 Å². The van der Waals surface area contributed by atoms with E-state index in [9.17, 15) is 4.79 Å². The second-order valence-electron chi connectivity index (χ2n) is 5.23. The summed E-state index contributed by atoms with van der Waals surface area (Å²) in [4.78, 5) is 22.1. The average molecular weight is 315 g/mol. The molecule has 1 rings (SSSR count). The Labute approximate surface area is 116 Å². The molecular weight excluding hydrogens is 296 g/mol. The van der Waals surface area contributed by atoms with Crippen LogP contribution in [-0.4, -0.2) is 34.5 Å². The molecule has 0 spiro atoms. The molecule has 1 heterocycles. The van der Waals surface area contributed by atoms with E-state index in [-0.39, 0.29) is 17.5 Å². The molecule has 1 atom stereocenters. The fraction of sp³-hybridized carbons (Fsp3) is 0.583. The lowest BCUT2D eigenvalue weighted by atomic mass is 10.1. The molecule has 0 aromatic carbocycles. The lowest BCUT2D eigenvalue weighted by Gasteiger charge is -2.28. The van der Waals surface area contributed by atoms with Crippen LogP contribution in [0.1, 0.15) is 27.7 Å². The summed E-state index contributed by atoms with van der Waals surface area (Å²) in [6, 6.07) is -0.328. The Balaban J connectivity index is 2.74. The van der Waals surface area contributed by atoms with Gasteiger partial charge in [-0.05, 0) is 43.6 Å². The van der Waals surface area contributed by atoms with E-state index < -0.39 is 0 Å². The normalized spacial score (nSPS) is 13.0. The standard InChI is InChI=1S/C12H19BrN4O/c1-8(10(18)16-12(2,3)4)17(5)11-14-6-9(13)7-15-11/h6-8H,1-5H3,(H,16,18). The number of likely N-dealkylation sites (N-methyl/N-ethyl adjacent to an activating group) is 1. The van der Waals surface area contributed by atoms with Gasteiger partial charge in [-0.2, -0.15) is 0 Å². The highest BCUT2D eigenvalue weighted by molar-refractivity contribution is 9.10. The maximum absolute atomic E-state index is 12.0. The summed E-state index contributed by atoms with van der Waals surface area (Å²) in [6.07, 6.45) is 3.32. The number of anilines is 1. The summed E-state index contributed by atoms with van der Waals surface area (Å²) in [7, 11) is 1.80. The molecule has 0 aliphatic carbocycles. The summed E-state index contributed by atoms with van der Waals surface area (Å²) < 4.78 is 0.812. The van der Waals surface area contributed by atoms with Gasteiger partial charge in [0.05, 0.1) is 4.47 Å². The Morgan fingerprint density at radius 2 is 1.89 bits per heavy atom. The zero-order valence-corrected chi connectivity index (χ0v) is 12.9. The summed E-state index contributed by atoms with van der Waals surface area (Å²) in [5.74, 6) is 0.478. The van der Waals surface area contributed by atoms with Crippen molar-refractivity contribution in [2.75, 3.05) is 11.9 Å². The number of aromatic nitrogens is 2. The number of rotatable bonds is 3. The Kier molecular flexibility index (Phi) is 4.67. The number of nitrogens with zero attached hydrogens (tertiary/aromatic N) is 3. The first-order valence-electron chi connectivity index (χ1n) is 5.73. The van der Waals surface area contributed by atoms with Gasteiger partial charge in [0, 0.05) is 25.0 Å². The van der Waals surface area contributed by atoms with Gasteiger partial charge >= 0.3 is 0 Å². The van der Waals surface area contributed by atoms with E-state index in [0.717, 1.165) is 4.47 Å². The number of hydrogen-bond acceptors (Lipinski definition) is 4. The molecular formula is C12H19BrN4O. The molecule has 1 aromatic rings. The minimum absolute atomic E-state index is 0.0449. The fourth-order valence-corrected chi connectivity index (χ4v) is 1.52. The molecule has 5 nitrogen and oxygen atoms in total. The van der Waals surface area contributed by atoms with Crippen LogP contribution in [0.15, 0.2) is 16.9 Å². The quantitative estimate of drug-likeness (QED) is 0.926. The first-order chi connectivity index (χ1) is 8.20. The number of amides is 1. The fourth-order valence-electron chi connectivity index (χ4n) is 1.31. The third kappa shape index (κ3) is 4.25. The van der Waals surface area contributed by atoms with Gasteiger partial charge in [-0.15, -0.1) is 0 Å². The molecule has 0 saturated carbocycles. The van der Waals surface area contributed by atoms with Crippen molar-refractivity contribution in [2.24, 2.45) is 0 Å². The Morgan fingerprint density at radius 1 is 1.39 bits per heavy atom. The van der Waals surface area contributed by atoms with Crippen LogP contribution in [0.5, 0.6) is 0 Å². The van der Waals surface area contributed by atoms with E-state index in [1.807, 2.05) is 27.7 Å². The maximum Gasteiger partial charge on any atom is 0.242 e. The van der Waals surface area contributed by atoms with E-state index in [2.05, 4.69) is 31.2 Å². The molecule has 0 aliphatic heterocycles. The highest BCUT2D eigenvalue weighted by Crippen LogP contribution is 2.12. The van der Waals surface area contributed by atoms with E-state index >= 15 is 0 Å². The largest absolute Gasteiger partial charge is 0.350 e. The Hall–Kier alpha value is -1.17. The Bertz CT molecular complexity index is 413. The van der Waals surface area contributed by atoms with Crippen LogP contribution in [0.4, 0.5) is 5.95 Å². The molecule has 18 heavy (non-hydrogen) atoms. The van der Waals surface area contributed by atoms with Crippen LogP contribution < -0.4 is 10.2 Å². The van der Waals surface area contributed by atoms with E-state index in [1.165, 1.54) is 0 Å². The van der Waals surface area contributed by atoms with Gasteiger partial charge in [-0.3, -0.25) is 4.79 Å². The zero-order valence-electron chi connectivity index (χ0n) is 11.4. The van der Waals surface area contributed by atoms with Gasteiger partial charge in [0.1, 0.15) is 6.04 Å². The van der Waals surface area contributed by atoms with Gasteiger partial charge in [0.15, 0.2) is 0 Å². The molecule has 0 fully saturated rings. The van der Waals surface area contributed by atoms with Crippen molar-refractivity contribution in [2.45, 2.75) is 39.3 Å². The molecule has 0 saturated heterocycles. The first-order valence-corrected chi connectivity index (χ1v) is 6.52. The molecule has 0 aliphatic rings. The smallest absolute Gasteiger partial charge is 0.242 e. The first kappa shape index (κ1) is 14.9. The summed E-state index contributed by atoms with van der Waals surface area (Å²) >= 11 is 3.28. The van der Waals surface area contributed by atoms with Crippen molar-refractivity contribution in [1.82, 2.24) is 15.3 Å². The van der Waals surface area contributed by atoms with Crippen molar-refractivity contribution in [3.8, 4) is 0 Å². The number of halogens is 1. The summed E-state index contributed by atoms with van der Waals surface area (Å²) in [5, 5.41) is 2.94. The summed E-state index contributed by atoms with van der Waals surface area (Å²) in [6.45, 7) is 7.68. The van der Waals surface area contributed by atoms with Crippen LogP contribution >= 0.6 is 15.9 Å². The van der Waals surface area contributed by atoms with Crippen molar-refractivity contribution < 1.29 is 4.79 Å². The van der Waals surface area contributed by atoms with Crippen LogP contribution in [0, 0.1) is 0 Å². The van der Waals surface area contributed by atoms with Gasteiger partial charge in [-0.25, -0.2) is 9.97 Å². The molecule has 1 N–H and O–H groups in total. The molecule has 1 aromatic heterocycles. The van der Waals surface area contributed by atoms with Crippen molar-refractivity contribution in [1.29, 1.82) is 0 Å². The minimum atomic E-state index is -0.328. The van der Waals surface area contributed by atoms with Crippen LogP contribution in [0.2, 0.25) is 0 Å². The van der Waals surface area contributed by atoms with Crippen molar-refractivity contribution in [3.63, 3.8) is 0 Å². The number of carbonyl (C=O) groups excluding carboxylic acids is 1. The maximum atomic E-state index is 12.0. The van der Waals surface area contributed by atoms with Crippen LogP contribution in [-0.2, 0) is 4.79 Å². The second-order valence-corrected chi connectivity index (χ2v) is 6.14. The Morgan fingerprint density at radius 3 is 2.33 bits per heavy atom. The van der Waals surface area contributed by atoms with Crippen LogP contribution in [0.3, 0.4) is 0 Å². The zero-order chi connectivity index (χ0) is 13.9. The van der Waals surface area contributed by atoms with Gasteiger partial charge in [0.2, 0.25) is 11.9 Å². The number of hydrogen-bond donors (Lipinski definition) is 1. The SMILES string of the molecule is CC(C(=O)NC(C)(C)C)N(C)c1ncc(Br)cn1. The summed E-state index contributed by atoms with van der Waals surface area (Å²) in [5.41, 5.74) is -0.243. The van der Waals surface area contributed by atoms with Gasteiger partial charge < -0.3 is 10.2 Å². The predicted octanol–water partition coefficient (Wildman–Crippen LogP) is 1.98. The van der Waals surface area contributed by atoms with Crippen molar-refractivity contribution in [3.05, 3.63) is 16.9 Å². The van der Waals surface area contributed by atoms with E-state index in [4.69, 9.17) is 0 Å². The molecule has 0 radical (unpaired) electrons. The van der Waals surface area contributed by atoms with E-state index in [1.54, 1.807) is 24.3 Å². The third-order valence-corrected chi connectivity index (χ3v) is 2.79. The molecule has 6 heteroatoms. The second kappa shape index (κ2) is 5.65. The van der Waals surface area contributed by atoms with Crippen LogP contribution in [0.25, 0.3) is 0 Å².